The summed E-state index contributed by atoms with van der Waals surface area (Å²) in [5, 5.41) is 2.71. The lowest BCUT2D eigenvalue weighted by atomic mass is 10.0. The fourth-order valence-corrected chi connectivity index (χ4v) is 1.90. The zero-order valence-corrected chi connectivity index (χ0v) is 17.1. The molecule has 0 spiro atoms. The van der Waals surface area contributed by atoms with Gasteiger partial charge in [-0.1, -0.05) is 19.9 Å². The number of hydrogen-bond acceptors (Lipinski definition) is 5. The third kappa shape index (κ3) is 11.3. The summed E-state index contributed by atoms with van der Waals surface area (Å²) in [4.78, 5) is 29.1. The van der Waals surface area contributed by atoms with E-state index >= 15 is 0 Å². The molecule has 1 aromatic rings. The predicted octanol–water partition coefficient (Wildman–Crippen LogP) is 1.39. The molecule has 0 radical (unpaired) electrons. The van der Waals surface area contributed by atoms with E-state index in [9.17, 15) is 9.59 Å². The maximum Gasteiger partial charge on any atom is 0.248 e. The minimum Gasteiger partial charge on any atom is -0.362 e. The number of likely N-dealkylation sites (N-methyl/N-ethyl adjacent to an activating group) is 1. The monoisotopic (exact) mass is 408 g/mol. The lowest BCUT2D eigenvalue weighted by Crippen LogP contribution is -2.37. The van der Waals surface area contributed by atoms with Crippen molar-refractivity contribution in [3.05, 3.63) is 30.1 Å². The van der Waals surface area contributed by atoms with E-state index in [4.69, 9.17) is 10.5 Å². The van der Waals surface area contributed by atoms with Crippen LogP contribution in [0.25, 0.3) is 0 Å². The summed E-state index contributed by atoms with van der Waals surface area (Å²) in [5.41, 5.74) is 6.87. The second-order valence-electron chi connectivity index (χ2n) is 6.14. The Labute approximate surface area is 167 Å². The van der Waals surface area contributed by atoms with Gasteiger partial charge in [-0.2, -0.15) is 0 Å². The lowest BCUT2D eigenvalue weighted by molar-refractivity contribution is -0.137. The predicted molar refractivity (Wildman–Crippen MR) is 106 cm³/mol. The van der Waals surface area contributed by atoms with Gasteiger partial charge in [0, 0.05) is 38.6 Å². The van der Waals surface area contributed by atoms with Crippen molar-refractivity contribution in [2.45, 2.75) is 32.9 Å². The molecule has 3 N–H and O–H groups in total. The van der Waals surface area contributed by atoms with Gasteiger partial charge in [0.25, 0.3) is 0 Å². The van der Waals surface area contributed by atoms with Crippen LogP contribution in [0.4, 0.5) is 0 Å². The molecule has 2 amide bonds. The number of carbonyl (C=O) groups excluding carboxylic acids is 2. The van der Waals surface area contributed by atoms with Crippen LogP contribution in [0.5, 0.6) is 0 Å². The third-order valence-electron chi connectivity index (χ3n) is 3.75. The van der Waals surface area contributed by atoms with Crippen LogP contribution >= 0.6 is 24.8 Å². The van der Waals surface area contributed by atoms with Crippen molar-refractivity contribution in [2.75, 3.05) is 26.8 Å². The van der Waals surface area contributed by atoms with Crippen LogP contribution in [0.15, 0.2) is 24.5 Å². The number of nitrogens with two attached hydrogens (primary N) is 1. The van der Waals surface area contributed by atoms with Crippen LogP contribution < -0.4 is 11.1 Å². The molecule has 1 rings (SSSR count). The van der Waals surface area contributed by atoms with Gasteiger partial charge >= 0.3 is 0 Å². The Balaban J connectivity index is 0. The van der Waals surface area contributed by atoms with Gasteiger partial charge in [-0.15, -0.1) is 24.8 Å². The summed E-state index contributed by atoms with van der Waals surface area (Å²) in [6, 6.07) is 3.74. The Morgan fingerprint density at radius 3 is 2.58 bits per heavy atom. The van der Waals surface area contributed by atoms with Gasteiger partial charge in [-0.25, -0.2) is 0 Å². The van der Waals surface area contributed by atoms with E-state index in [0.717, 1.165) is 12.0 Å². The summed E-state index contributed by atoms with van der Waals surface area (Å²) >= 11 is 0. The molecule has 1 unspecified atom stereocenters. The standard InChI is InChI=1S/C17H28N4O3.2ClH/c1-13(2)15(18)6-8-21(3)17(23)12-24-11-16(22)20-10-14-5-4-7-19-9-14;;/h4-5,7,9,13,15H,6,8,10-12,18H2,1-3H3,(H,20,22);2*1H. The fraction of sp³-hybridized carbons (Fsp3) is 0.588. The molecule has 150 valence electrons. The van der Waals surface area contributed by atoms with Crippen LogP contribution in [-0.2, 0) is 20.9 Å². The summed E-state index contributed by atoms with van der Waals surface area (Å²) in [6.45, 7) is 4.81. The molecule has 0 aliphatic rings. The largest absolute Gasteiger partial charge is 0.362 e. The van der Waals surface area contributed by atoms with Gasteiger partial charge in [-0.3, -0.25) is 14.6 Å². The highest BCUT2D eigenvalue weighted by atomic mass is 35.5. The summed E-state index contributed by atoms with van der Waals surface area (Å²) < 4.78 is 5.17. The van der Waals surface area contributed by atoms with Crippen molar-refractivity contribution < 1.29 is 14.3 Å². The van der Waals surface area contributed by atoms with Crippen molar-refractivity contribution >= 4 is 36.6 Å². The minimum atomic E-state index is -0.267. The fourth-order valence-electron chi connectivity index (χ4n) is 1.90. The molecular weight excluding hydrogens is 379 g/mol. The van der Waals surface area contributed by atoms with E-state index in [1.807, 2.05) is 6.07 Å². The molecule has 0 fully saturated rings. The second-order valence-corrected chi connectivity index (χ2v) is 6.14. The van der Waals surface area contributed by atoms with Crippen LogP contribution in [-0.4, -0.2) is 54.5 Å². The van der Waals surface area contributed by atoms with Crippen molar-refractivity contribution in [2.24, 2.45) is 11.7 Å². The van der Waals surface area contributed by atoms with Gasteiger partial charge in [0.15, 0.2) is 0 Å². The van der Waals surface area contributed by atoms with Crippen molar-refractivity contribution in [3.63, 3.8) is 0 Å². The zero-order valence-electron chi connectivity index (χ0n) is 15.5. The topological polar surface area (TPSA) is 97.5 Å². The van der Waals surface area contributed by atoms with Crippen LogP contribution in [0, 0.1) is 5.92 Å². The smallest absolute Gasteiger partial charge is 0.248 e. The molecule has 0 aliphatic carbocycles. The first-order valence-electron chi connectivity index (χ1n) is 8.13. The Bertz CT molecular complexity index is 518. The molecular formula is C17H30Cl2N4O3. The Morgan fingerprint density at radius 2 is 2.00 bits per heavy atom. The van der Waals surface area contributed by atoms with Gasteiger partial charge in [0.1, 0.15) is 13.2 Å². The van der Waals surface area contributed by atoms with E-state index in [1.165, 1.54) is 0 Å². The number of rotatable bonds is 10. The van der Waals surface area contributed by atoms with E-state index < -0.39 is 0 Å². The maximum absolute atomic E-state index is 11.9. The molecule has 0 bridgehead atoms. The normalized spacial score (nSPS) is 11.1. The molecule has 1 heterocycles. The highest BCUT2D eigenvalue weighted by Crippen LogP contribution is 2.03. The Hall–Kier alpha value is -1.41. The van der Waals surface area contributed by atoms with Crippen LogP contribution in [0.2, 0.25) is 0 Å². The van der Waals surface area contributed by atoms with E-state index in [-0.39, 0.29) is 55.9 Å². The number of nitrogens with one attached hydrogen (secondary N) is 1. The molecule has 7 nitrogen and oxygen atoms in total. The number of amides is 2. The highest BCUT2D eigenvalue weighted by molar-refractivity contribution is 5.85. The number of halogens is 2. The summed E-state index contributed by atoms with van der Waals surface area (Å²) in [5.74, 6) is -0.0459. The molecule has 0 saturated heterocycles. The van der Waals surface area contributed by atoms with Crippen LogP contribution in [0.3, 0.4) is 0 Å². The van der Waals surface area contributed by atoms with Gasteiger partial charge in [0.2, 0.25) is 11.8 Å². The number of aromatic nitrogens is 1. The molecule has 1 aromatic heterocycles. The van der Waals surface area contributed by atoms with Crippen LogP contribution in [0.1, 0.15) is 25.8 Å². The minimum absolute atomic E-state index is 0. The van der Waals surface area contributed by atoms with E-state index in [2.05, 4.69) is 24.1 Å². The van der Waals surface area contributed by atoms with Gasteiger partial charge in [-0.05, 0) is 24.0 Å². The lowest BCUT2D eigenvalue weighted by Gasteiger charge is -2.21. The molecule has 1 atom stereocenters. The third-order valence-corrected chi connectivity index (χ3v) is 3.75. The first-order valence-corrected chi connectivity index (χ1v) is 8.13. The first kappa shape index (κ1) is 26.8. The Morgan fingerprint density at radius 1 is 1.31 bits per heavy atom. The van der Waals surface area contributed by atoms with Gasteiger partial charge in [0.05, 0.1) is 0 Å². The molecule has 0 saturated carbocycles. The average Bonchev–Trinajstić information content (AvgIpc) is 2.58. The number of hydrogen-bond donors (Lipinski definition) is 2. The molecule has 26 heavy (non-hydrogen) atoms. The molecule has 0 aliphatic heterocycles. The van der Waals surface area contributed by atoms with Gasteiger partial charge < -0.3 is 20.7 Å². The number of pyridine rings is 1. The summed E-state index contributed by atoms with van der Waals surface area (Å²) in [6.07, 6.45) is 4.09. The highest BCUT2D eigenvalue weighted by Gasteiger charge is 2.13. The number of carbonyl (C=O) groups is 2. The Kier molecular flexibility index (Phi) is 15.2. The average molecular weight is 409 g/mol. The summed E-state index contributed by atoms with van der Waals surface area (Å²) in [7, 11) is 1.71. The molecule has 0 aromatic carbocycles. The van der Waals surface area contributed by atoms with E-state index in [1.54, 1.807) is 30.4 Å². The maximum atomic E-state index is 11.9. The second kappa shape index (κ2) is 14.7. The number of ether oxygens (including phenoxy) is 1. The zero-order chi connectivity index (χ0) is 17.9. The molecule has 9 heteroatoms. The number of nitrogens with zero attached hydrogens (tertiary/aromatic N) is 2. The van der Waals surface area contributed by atoms with Crippen molar-refractivity contribution in [3.8, 4) is 0 Å². The quantitative estimate of drug-likeness (QED) is 0.609. The van der Waals surface area contributed by atoms with Crippen molar-refractivity contribution in [1.29, 1.82) is 0 Å². The SMILES string of the molecule is CC(C)C(N)CCN(C)C(=O)COCC(=O)NCc1cccnc1.Cl.Cl. The first-order chi connectivity index (χ1) is 11.4. The van der Waals surface area contributed by atoms with E-state index in [0.29, 0.717) is 19.0 Å². The van der Waals surface area contributed by atoms with Crippen molar-refractivity contribution in [1.82, 2.24) is 15.2 Å².